The molecule has 0 aromatic rings. The molecule has 0 radical (unpaired) electrons. The van der Waals surface area contributed by atoms with Gasteiger partial charge in [0.15, 0.2) is 6.29 Å². The van der Waals surface area contributed by atoms with Gasteiger partial charge >= 0.3 is 0 Å². The second-order valence-corrected chi connectivity index (χ2v) is 3.22. The molecule has 1 aliphatic rings. The van der Waals surface area contributed by atoms with Crippen LogP contribution in [0.4, 0.5) is 0 Å². The summed E-state index contributed by atoms with van der Waals surface area (Å²) >= 11 is 0. The van der Waals surface area contributed by atoms with Crippen LogP contribution in [0.5, 0.6) is 0 Å². The van der Waals surface area contributed by atoms with E-state index in [4.69, 9.17) is 9.47 Å². The van der Waals surface area contributed by atoms with E-state index in [1.54, 1.807) is 0 Å². The molecule has 11 heavy (non-hydrogen) atoms. The Morgan fingerprint density at radius 3 is 2.82 bits per heavy atom. The fraction of sp³-hybridized carbons (Fsp3) is 0.778. The Kier molecular flexibility index (Phi) is 3.09. The molecule has 0 amide bonds. The zero-order valence-corrected chi connectivity index (χ0v) is 7.41. The molecule has 1 aliphatic heterocycles. The standard InChI is InChI=1S/C9H16O2/c1-7(2)9-10-6-4-5-8(3)11-9/h4-5,7-9H,6H2,1-3H3/t8-,9-/m0/s1. The summed E-state index contributed by atoms with van der Waals surface area (Å²) in [6, 6.07) is 0. The molecule has 0 saturated carbocycles. The van der Waals surface area contributed by atoms with Crippen LogP contribution in [0, 0.1) is 5.92 Å². The molecule has 2 nitrogen and oxygen atoms in total. The third-order valence-corrected chi connectivity index (χ3v) is 1.66. The lowest BCUT2D eigenvalue weighted by Crippen LogP contribution is -2.25. The van der Waals surface area contributed by atoms with Crippen molar-refractivity contribution in [1.82, 2.24) is 0 Å². The van der Waals surface area contributed by atoms with E-state index in [1.807, 2.05) is 19.1 Å². The van der Waals surface area contributed by atoms with Crippen molar-refractivity contribution < 1.29 is 9.47 Å². The summed E-state index contributed by atoms with van der Waals surface area (Å²) in [5, 5.41) is 0. The summed E-state index contributed by atoms with van der Waals surface area (Å²) in [6.45, 7) is 6.90. The minimum Gasteiger partial charge on any atom is -0.348 e. The molecule has 0 aromatic carbocycles. The summed E-state index contributed by atoms with van der Waals surface area (Å²) in [7, 11) is 0. The van der Waals surface area contributed by atoms with Gasteiger partial charge in [-0.15, -0.1) is 0 Å². The summed E-state index contributed by atoms with van der Waals surface area (Å²) in [4.78, 5) is 0. The van der Waals surface area contributed by atoms with Gasteiger partial charge in [-0.3, -0.25) is 0 Å². The van der Waals surface area contributed by atoms with Gasteiger partial charge in [0.1, 0.15) is 0 Å². The Hall–Kier alpha value is -0.340. The summed E-state index contributed by atoms with van der Waals surface area (Å²) in [6.07, 6.45) is 4.18. The molecule has 0 bridgehead atoms. The fourth-order valence-electron chi connectivity index (χ4n) is 1.04. The van der Waals surface area contributed by atoms with Crippen molar-refractivity contribution in [2.24, 2.45) is 5.92 Å². The van der Waals surface area contributed by atoms with Gasteiger partial charge in [-0.25, -0.2) is 0 Å². The van der Waals surface area contributed by atoms with Crippen LogP contribution in [0.15, 0.2) is 12.2 Å². The Labute approximate surface area is 68.2 Å². The maximum absolute atomic E-state index is 5.56. The summed E-state index contributed by atoms with van der Waals surface area (Å²) < 4.78 is 11.0. The van der Waals surface area contributed by atoms with Gasteiger partial charge in [0.05, 0.1) is 12.7 Å². The molecular weight excluding hydrogens is 140 g/mol. The van der Waals surface area contributed by atoms with E-state index in [0.717, 1.165) is 0 Å². The van der Waals surface area contributed by atoms with Gasteiger partial charge in [0, 0.05) is 5.92 Å². The Bertz CT molecular complexity index is 140. The highest BCUT2D eigenvalue weighted by atomic mass is 16.7. The molecule has 0 unspecified atom stereocenters. The smallest absolute Gasteiger partial charge is 0.161 e. The largest absolute Gasteiger partial charge is 0.348 e. The van der Waals surface area contributed by atoms with Crippen molar-refractivity contribution in [2.45, 2.75) is 33.2 Å². The maximum Gasteiger partial charge on any atom is 0.161 e. The topological polar surface area (TPSA) is 18.5 Å². The van der Waals surface area contributed by atoms with Crippen LogP contribution in [-0.2, 0) is 9.47 Å². The van der Waals surface area contributed by atoms with Gasteiger partial charge in [-0.1, -0.05) is 26.0 Å². The van der Waals surface area contributed by atoms with Crippen LogP contribution in [0.1, 0.15) is 20.8 Å². The van der Waals surface area contributed by atoms with Crippen molar-refractivity contribution >= 4 is 0 Å². The van der Waals surface area contributed by atoms with Crippen molar-refractivity contribution in [3.8, 4) is 0 Å². The van der Waals surface area contributed by atoms with Gasteiger partial charge < -0.3 is 9.47 Å². The van der Waals surface area contributed by atoms with Crippen molar-refractivity contribution in [3.63, 3.8) is 0 Å². The fourth-order valence-corrected chi connectivity index (χ4v) is 1.04. The number of rotatable bonds is 1. The highest BCUT2D eigenvalue weighted by molar-refractivity contribution is 4.89. The van der Waals surface area contributed by atoms with Gasteiger partial charge in [-0.2, -0.15) is 0 Å². The van der Waals surface area contributed by atoms with E-state index in [-0.39, 0.29) is 12.4 Å². The minimum atomic E-state index is -0.0417. The molecule has 0 spiro atoms. The Morgan fingerprint density at radius 1 is 1.45 bits per heavy atom. The van der Waals surface area contributed by atoms with E-state index in [0.29, 0.717) is 12.5 Å². The summed E-state index contributed by atoms with van der Waals surface area (Å²) in [5.74, 6) is 0.428. The van der Waals surface area contributed by atoms with Crippen molar-refractivity contribution in [2.75, 3.05) is 6.61 Å². The molecule has 1 heterocycles. The Balaban J connectivity index is 2.45. The Morgan fingerprint density at radius 2 is 2.18 bits per heavy atom. The van der Waals surface area contributed by atoms with Crippen LogP contribution < -0.4 is 0 Å². The molecule has 0 saturated heterocycles. The third kappa shape index (κ3) is 2.64. The zero-order valence-electron chi connectivity index (χ0n) is 7.41. The quantitative estimate of drug-likeness (QED) is 0.540. The maximum atomic E-state index is 5.56. The first-order chi connectivity index (χ1) is 5.20. The normalized spacial score (nSPS) is 32.4. The van der Waals surface area contributed by atoms with E-state index >= 15 is 0 Å². The molecule has 0 aromatic heterocycles. The average Bonchev–Trinajstić information content (AvgIpc) is 2.13. The lowest BCUT2D eigenvalue weighted by molar-refractivity contribution is -0.167. The van der Waals surface area contributed by atoms with Gasteiger partial charge in [0.25, 0.3) is 0 Å². The second-order valence-electron chi connectivity index (χ2n) is 3.22. The first kappa shape index (κ1) is 8.75. The lowest BCUT2D eigenvalue weighted by Gasteiger charge is -2.21. The van der Waals surface area contributed by atoms with E-state index < -0.39 is 0 Å². The highest BCUT2D eigenvalue weighted by Gasteiger charge is 2.17. The van der Waals surface area contributed by atoms with Crippen molar-refractivity contribution in [1.29, 1.82) is 0 Å². The van der Waals surface area contributed by atoms with Crippen LogP contribution >= 0.6 is 0 Å². The molecule has 0 fully saturated rings. The van der Waals surface area contributed by atoms with E-state index in [9.17, 15) is 0 Å². The molecule has 2 atom stereocenters. The number of hydrogen-bond donors (Lipinski definition) is 0. The predicted octanol–water partition coefficient (Wildman–Crippen LogP) is 1.96. The van der Waals surface area contributed by atoms with Gasteiger partial charge in [0.2, 0.25) is 0 Å². The molecular formula is C9H16O2. The second kappa shape index (κ2) is 3.88. The average molecular weight is 156 g/mol. The minimum absolute atomic E-state index is 0.0417. The number of ether oxygens (including phenoxy) is 2. The van der Waals surface area contributed by atoms with Crippen LogP contribution in [0.3, 0.4) is 0 Å². The molecule has 0 N–H and O–H groups in total. The lowest BCUT2D eigenvalue weighted by atomic mass is 10.2. The van der Waals surface area contributed by atoms with Crippen molar-refractivity contribution in [3.05, 3.63) is 12.2 Å². The molecule has 64 valence electrons. The van der Waals surface area contributed by atoms with Crippen LogP contribution in [0.25, 0.3) is 0 Å². The van der Waals surface area contributed by atoms with Gasteiger partial charge in [-0.05, 0) is 6.92 Å². The summed E-state index contributed by atoms with van der Waals surface area (Å²) in [5.41, 5.74) is 0. The van der Waals surface area contributed by atoms with Crippen LogP contribution in [0.2, 0.25) is 0 Å². The number of hydrogen-bond acceptors (Lipinski definition) is 2. The molecule has 1 rings (SSSR count). The zero-order chi connectivity index (χ0) is 8.27. The van der Waals surface area contributed by atoms with E-state index in [2.05, 4.69) is 13.8 Å². The monoisotopic (exact) mass is 156 g/mol. The molecule has 2 heteroatoms. The first-order valence-electron chi connectivity index (χ1n) is 4.14. The third-order valence-electron chi connectivity index (χ3n) is 1.66. The predicted molar refractivity (Wildman–Crippen MR) is 44.3 cm³/mol. The first-order valence-corrected chi connectivity index (χ1v) is 4.14. The van der Waals surface area contributed by atoms with E-state index in [1.165, 1.54) is 0 Å². The van der Waals surface area contributed by atoms with Crippen LogP contribution in [-0.4, -0.2) is 19.0 Å². The SMILES string of the molecule is CC(C)[C@H]1OCC=C[C@H](C)O1. The highest BCUT2D eigenvalue weighted by Crippen LogP contribution is 2.13. The molecule has 0 aliphatic carbocycles.